The van der Waals surface area contributed by atoms with Gasteiger partial charge in [-0.05, 0) is 32.6 Å². The molecule has 1 amide bonds. The minimum atomic E-state index is 0. The van der Waals surface area contributed by atoms with E-state index in [0.717, 1.165) is 57.0 Å². The highest BCUT2D eigenvalue weighted by Crippen LogP contribution is 2.12. The molecule has 1 aromatic rings. The van der Waals surface area contributed by atoms with Crippen LogP contribution in [0.5, 0.6) is 0 Å². The molecule has 2 rings (SSSR count). The van der Waals surface area contributed by atoms with Crippen molar-refractivity contribution in [1.29, 1.82) is 0 Å². The smallest absolute Gasteiger partial charge is 0.222 e. The first-order valence-corrected chi connectivity index (χ1v) is 9.66. The number of hydrogen-bond acceptors (Lipinski definition) is 4. The van der Waals surface area contributed by atoms with Crippen LogP contribution in [-0.4, -0.2) is 54.5 Å². The number of thiazole rings is 1. The average Bonchev–Trinajstić information content (AvgIpc) is 3.21. The van der Waals surface area contributed by atoms with Gasteiger partial charge in [-0.2, -0.15) is 0 Å². The van der Waals surface area contributed by atoms with Gasteiger partial charge in [0.2, 0.25) is 5.91 Å². The first-order valence-electron chi connectivity index (χ1n) is 8.78. The van der Waals surface area contributed by atoms with Crippen molar-refractivity contribution < 1.29 is 4.79 Å². The molecule has 1 fully saturated rings. The second kappa shape index (κ2) is 11.7. The number of likely N-dealkylation sites (tertiary alicyclic amines) is 1. The van der Waals surface area contributed by atoms with Crippen LogP contribution in [0.2, 0.25) is 0 Å². The number of halogens is 1. The first-order chi connectivity index (χ1) is 11.6. The molecule has 8 heteroatoms. The van der Waals surface area contributed by atoms with E-state index in [1.165, 1.54) is 5.01 Å². The van der Waals surface area contributed by atoms with Crippen LogP contribution in [0.15, 0.2) is 10.4 Å². The molecule has 0 radical (unpaired) electrons. The van der Waals surface area contributed by atoms with Gasteiger partial charge in [-0.15, -0.1) is 35.3 Å². The molecule has 1 saturated heterocycles. The van der Waals surface area contributed by atoms with E-state index in [4.69, 9.17) is 0 Å². The summed E-state index contributed by atoms with van der Waals surface area (Å²) < 4.78 is 0. The van der Waals surface area contributed by atoms with Crippen molar-refractivity contribution in [3.8, 4) is 0 Å². The Morgan fingerprint density at radius 1 is 1.48 bits per heavy atom. The molecule has 142 valence electrons. The maximum Gasteiger partial charge on any atom is 0.222 e. The molecule has 0 bridgehead atoms. The number of nitrogens with zero attached hydrogens (tertiary/aromatic N) is 3. The zero-order valence-electron chi connectivity index (χ0n) is 15.4. The standard InChI is InChI=1S/C17H29N5OS.HI/c1-4-16(23)22-10-8-14(11-22)21-17(18-3)19-9-6-5-7-15-20-13(2)12-24-15;/h12,14H,4-11H2,1-3H3,(H2,18,19,21);1H. The number of rotatable bonds is 7. The van der Waals surface area contributed by atoms with Gasteiger partial charge in [-0.25, -0.2) is 4.98 Å². The van der Waals surface area contributed by atoms with Gasteiger partial charge in [-0.3, -0.25) is 9.79 Å². The summed E-state index contributed by atoms with van der Waals surface area (Å²) in [6.45, 7) is 6.46. The molecule has 1 unspecified atom stereocenters. The second-order valence-electron chi connectivity index (χ2n) is 6.16. The minimum absolute atomic E-state index is 0. The number of unbranched alkanes of at least 4 members (excludes halogenated alkanes) is 1. The Labute approximate surface area is 171 Å². The molecule has 0 aromatic carbocycles. The molecule has 25 heavy (non-hydrogen) atoms. The molecule has 6 nitrogen and oxygen atoms in total. The van der Waals surface area contributed by atoms with E-state index in [-0.39, 0.29) is 29.9 Å². The topological polar surface area (TPSA) is 69.6 Å². The molecule has 1 aromatic heterocycles. The quantitative estimate of drug-likeness (QED) is 0.273. The number of aryl methyl sites for hydroxylation is 2. The Bertz CT molecular complexity index is 563. The van der Waals surface area contributed by atoms with Gasteiger partial charge in [0.15, 0.2) is 5.96 Å². The predicted octanol–water partition coefficient (Wildman–Crippen LogP) is 2.57. The highest BCUT2D eigenvalue weighted by atomic mass is 127. The molecule has 2 heterocycles. The van der Waals surface area contributed by atoms with Gasteiger partial charge in [-0.1, -0.05) is 6.92 Å². The van der Waals surface area contributed by atoms with Gasteiger partial charge in [0, 0.05) is 50.2 Å². The predicted molar refractivity (Wildman–Crippen MR) is 115 cm³/mol. The third kappa shape index (κ3) is 7.47. The van der Waals surface area contributed by atoms with Crippen LogP contribution in [0.4, 0.5) is 0 Å². The SMILES string of the molecule is CCC(=O)N1CCC(NC(=NC)NCCCCc2nc(C)cs2)C1.I. The van der Waals surface area contributed by atoms with Gasteiger partial charge < -0.3 is 15.5 Å². The van der Waals surface area contributed by atoms with Crippen molar-refractivity contribution >= 4 is 47.2 Å². The Kier molecular flexibility index (Phi) is 10.3. The summed E-state index contributed by atoms with van der Waals surface area (Å²) in [4.78, 5) is 22.4. The summed E-state index contributed by atoms with van der Waals surface area (Å²) in [6, 6.07) is 0.296. The van der Waals surface area contributed by atoms with Crippen LogP contribution in [0.25, 0.3) is 0 Å². The normalized spacial score (nSPS) is 17.3. The monoisotopic (exact) mass is 479 g/mol. The zero-order chi connectivity index (χ0) is 17.4. The number of amides is 1. The van der Waals surface area contributed by atoms with Crippen LogP contribution < -0.4 is 10.6 Å². The van der Waals surface area contributed by atoms with Crippen LogP contribution >= 0.6 is 35.3 Å². The maximum atomic E-state index is 11.7. The van der Waals surface area contributed by atoms with Crippen LogP contribution in [0.3, 0.4) is 0 Å². The number of aliphatic imine (C=N–C) groups is 1. The van der Waals surface area contributed by atoms with Crippen molar-refractivity contribution in [1.82, 2.24) is 20.5 Å². The summed E-state index contributed by atoms with van der Waals surface area (Å²) in [5.41, 5.74) is 1.12. The largest absolute Gasteiger partial charge is 0.356 e. The number of aromatic nitrogens is 1. The van der Waals surface area contributed by atoms with Gasteiger partial charge in [0.25, 0.3) is 0 Å². The summed E-state index contributed by atoms with van der Waals surface area (Å²) >= 11 is 1.74. The lowest BCUT2D eigenvalue weighted by Crippen LogP contribution is -2.45. The van der Waals surface area contributed by atoms with Crippen molar-refractivity contribution in [2.24, 2.45) is 4.99 Å². The van der Waals surface area contributed by atoms with Crippen molar-refractivity contribution in [2.75, 3.05) is 26.7 Å². The van der Waals surface area contributed by atoms with E-state index in [2.05, 4.69) is 26.0 Å². The van der Waals surface area contributed by atoms with Crippen LogP contribution in [0, 0.1) is 6.92 Å². The van der Waals surface area contributed by atoms with Gasteiger partial charge >= 0.3 is 0 Å². The Balaban J connectivity index is 0.00000312. The van der Waals surface area contributed by atoms with E-state index in [9.17, 15) is 4.79 Å². The van der Waals surface area contributed by atoms with Gasteiger partial charge in [0.05, 0.1) is 5.01 Å². The van der Waals surface area contributed by atoms with E-state index in [1.807, 2.05) is 18.7 Å². The van der Waals surface area contributed by atoms with Crippen molar-refractivity contribution in [3.05, 3.63) is 16.1 Å². The van der Waals surface area contributed by atoms with Crippen molar-refractivity contribution in [2.45, 2.75) is 52.0 Å². The van der Waals surface area contributed by atoms with Crippen molar-refractivity contribution in [3.63, 3.8) is 0 Å². The Hall–Kier alpha value is -0.900. The number of carbonyl (C=O) groups excluding carboxylic acids is 1. The lowest BCUT2D eigenvalue weighted by atomic mass is 10.2. The molecule has 1 aliphatic heterocycles. The molecular formula is C17H30IN5OS. The fourth-order valence-corrected chi connectivity index (χ4v) is 3.66. The number of hydrogen-bond donors (Lipinski definition) is 2. The molecular weight excluding hydrogens is 449 g/mol. The summed E-state index contributed by atoms with van der Waals surface area (Å²) in [5.74, 6) is 1.07. The lowest BCUT2D eigenvalue weighted by molar-refractivity contribution is -0.129. The molecule has 0 aliphatic carbocycles. The van der Waals surface area contributed by atoms with E-state index >= 15 is 0 Å². The first kappa shape index (κ1) is 22.1. The number of carbonyl (C=O) groups is 1. The maximum absolute atomic E-state index is 11.7. The minimum Gasteiger partial charge on any atom is -0.356 e. The second-order valence-corrected chi connectivity index (χ2v) is 7.10. The summed E-state index contributed by atoms with van der Waals surface area (Å²) in [5, 5.41) is 10.1. The highest BCUT2D eigenvalue weighted by Gasteiger charge is 2.25. The average molecular weight is 479 g/mol. The van der Waals surface area contributed by atoms with Crippen LogP contribution in [0.1, 0.15) is 43.3 Å². The molecule has 1 atom stereocenters. The van der Waals surface area contributed by atoms with E-state index in [1.54, 1.807) is 18.4 Å². The Morgan fingerprint density at radius 2 is 2.28 bits per heavy atom. The van der Waals surface area contributed by atoms with Crippen LogP contribution in [-0.2, 0) is 11.2 Å². The fourth-order valence-electron chi connectivity index (χ4n) is 2.84. The number of guanidine groups is 1. The Morgan fingerprint density at radius 3 is 2.92 bits per heavy atom. The summed E-state index contributed by atoms with van der Waals surface area (Å²) in [7, 11) is 1.79. The third-order valence-electron chi connectivity index (χ3n) is 4.18. The van der Waals surface area contributed by atoms with Gasteiger partial charge in [0.1, 0.15) is 0 Å². The van der Waals surface area contributed by atoms with E-state index in [0.29, 0.717) is 12.5 Å². The zero-order valence-corrected chi connectivity index (χ0v) is 18.5. The molecule has 1 aliphatic rings. The lowest BCUT2D eigenvalue weighted by Gasteiger charge is -2.18. The molecule has 0 saturated carbocycles. The fraction of sp³-hybridized carbons (Fsp3) is 0.706. The summed E-state index contributed by atoms with van der Waals surface area (Å²) in [6.07, 6.45) is 4.82. The van der Waals surface area contributed by atoms with E-state index < -0.39 is 0 Å². The highest BCUT2D eigenvalue weighted by molar-refractivity contribution is 14.0. The number of nitrogens with one attached hydrogen (secondary N) is 2. The third-order valence-corrected chi connectivity index (χ3v) is 5.21. The molecule has 0 spiro atoms. The molecule has 2 N–H and O–H groups in total.